The molecule has 1 aliphatic rings. The molecular formula is C8H15NO3S. The topological polar surface area (TPSA) is 57.6 Å². The maximum atomic E-state index is 11.0. The lowest BCUT2D eigenvalue weighted by atomic mass is 10.2. The molecule has 1 saturated heterocycles. The number of nitrogens with zero attached hydrogens (tertiary/aromatic N) is 1. The average molecular weight is 205 g/mol. The highest BCUT2D eigenvalue weighted by Gasteiger charge is 2.21. The first-order valence-corrected chi connectivity index (χ1v) is 5.89. The van der Waals surface area contributed by atoms with E-state index in [1.807, 2.05) is 6.92 Å². The van der Waals surface area contributed by atoms with Gasteiger partial charge in [0.15, 0.2) is 0 Å². The molecule has 1 unspecified atom stereocenters. The van der Waals surface area contributed by atoms with Crippen molar-refractivity contribution in [1.82, 2.24) is 4.90 Å². The fourth-order valence-corrected chi connectivity index (χ4v) is 2.56. The van der Waals surface area contributed by atoms with Crippen LogP contribution < -0.4 is 0 Å². The molecule has 0 amide bonds. The number of rotatable bonds is 3. The molecule has 0 aliphatic carbocycles. The minimum Gasteiger partial charge on any atom is -0.481 e. The zero-order chi connectivity index (χ0) is 9.84. The van der Waals surface area contributed by atoms with E-state index in [9.17, 15) is 9.00 Å². The van der Waals surface area contributed by atoms with Gasteiger partial charge in [-0.25, -0.2) is 0 Å². The van der Waals surface area contributed by atoms with Crippen molar-refractivity contribution in [3.05, 3.63) is 0 Å². The second kappa shape index (κ2) is 4.72. The van der Waals surface area contributed by atoms with Crippen molar-refractivity contribution in [1.29, 1.82) is 0 Å². The molecule has 5 heteroatoms. The normalized spacial score (nSPS) is 22.8. The van der Waals surface area contributed by atoms with Gasteiger partial charge in [0.25, 0.3) is 0 Å². The van der Waals surface area contributed by atoms with E-state index in [1.54, 1.807) is 0 Å². The number of hydrogen-bond acceptors (Lipinski definition) is 3. The van der Waals surface area contributed by atoms with Gasteiger partial charge in [-0.3, -0.25) is 13.9 Å². The van der Waals surface area contributed by atoms with Crippen molar-refractivity contribution in [2.45, 2.75) is 19.4 Å². The van der Waals surface area contributed by atoms with Crippen LogP contribution in [0.5, 0.6) is 0 Å². The van der Waals surface area contributed by atoms with Gasteiger partial charge in [0.05, 0.1) is 6.42 Å². The molecule has 1 aliphatic heterocycles. The minimum absolute atomic E-state index is 0.0646. The summed E-state index contributed by atoms with van der Waals surface area (Å²) in [5.41, 5.74) is 0. The molecular weight excluding hydrogens is 190 g/mol. The Morgan fingerprint density at radius 2 is 2.08 bits per heavy atom. The number of carbonyl (C=O) groups is 1. The third kappa shape index (κ3) is 3.44. The molecule has 0 aromatic rings. The van der Waals surface area contributed by atoms with E-state index in [0.29, 0.717) is 11.5 Å². The third-order valence-corrected chi connectivity index (χ3v) is 3.58. The Kier molecular flexibility index (Phi) is 3.87. The number of carboxylic acid groups (broad SMARTS) is 1. The van der Waals surface area contributed by atoms with E-state index in [2.05, 4.69) is 4.90 Å². The van der Waals surface area contributed by atoms with E-state index >= 15 is 0 Å². The Bertz CT molecular complexity index is 209. The second-order valence-corrected chi connectivity index (χ2v) is 5.03. The van der Waals surface area contributed by atoms with Crippen molar-refractivity contribution >= 4 is 16.8 Å². The van der Waals surface area contributed by atoms with Gasteiger partial charge in [0, 0.05) is 41.4 Å². The Hall–Kier alpha value is -0.420. The summed E-state index contributed by atoms with van der Waals surface area (Å²) in [6, 6.07) is 0.0646. The summed E-state index contributed by atoms with van der Waals surface area (Å²) in [7, 11) is -0.679. The van der Waals surface area contributed by atoms with E-state index in [-0.39, 0.29) is 12.5 Å². The lowest BCUT2D eigenvalue weighted by Gasteiger charge is -2.30. The van der Waals surface area contributed by atoms with Gasteiger partial charge in [-0.05, 0) is 6.92 Å². The average Bonchev–Trinajstić information content (AvgIpc) is 2.04. The summed E-state index contributed by atoms with van der Waals surface area (Å²) in [6.07, 6.45) is 0.173. The molecule has 0 bridgehead atoms. The van der Waals surface area contributed by atoms with Gasteiger partial charge in [-0.1, -0.05) is 0 Å². The molecule has 4 nitrogen and oxygen atoms in total. The van der Waals surface area contributed by atoms with Gasteiger partial charge >= 0.3 is 5.97 Å². The van der Waals surface area contributed by atoms with Gasteiger partial charge in [-0.15, -0.1) is 0 Å². The van der Waals surface area contributed by atoms with Crippen LogP contribution in [0.15, 0.2) is 0 Å². The van der Waals surface area contributed by atoms with Crippen LogP contribution in [-0.2, 0) is 15.6 Å². The van der Waals surface area contributed by atoms with Crippen molar-refractivity contribution in [3.8, 4) is 0 Å². The molecule has 13 heavy (non-hydrogen) atoms. The molecule has 0 radical (unpaired) electrons. The van der Waals surface area contributed by atoms with Gasteiger partial charge in [-0.2, -0.15) is 0 Å². The first kappa shape index (κ1) is 10.7. The van der Waals surface area contributed by atoms with Crippen LogP contribution in [0.25, 0.3) is 0 Å². The maximum absolute atomic E-state index is 11.0. The van der Waals surface area contributed by atoms with Crippen molar-refractivity contribution < 1.29 is 14.1 Å². The summed E-state index contributed by atoms with van der Waals surface area (Å²) in [5.74, 6) is 0.604. The van der Waals surface area contributed by atoms with Crippen LogP contribution in [-0.4, -0.2) is 50.8 Å². The predicted molar refractivity (Wildman–Crippen MR) is 51.2 cm³/mol. The van der Waals surface area contributed by atoms with Gasteiger partial charge in [0.2, 0.25) is 0 Å². The van der Waals surface area contributed by atoms with Crippen molar-refractivity contribution in [3.63, 3.8) is 0 Å². The molecule has 76 valence electrons. The second-order valence-electron chi connectivity index (χ2n) is 3.33. The van der Waals surface area contributed by atoms with Gasteiger partial charge < -0.3 is 5.11 Å². The Morgan fingerprint density at radius 1 is 1.54 bits per heavy atom. The molecule has 1 atom stereocenters. The fraction of sp³-hybridized carbons (Fsp3) is 0.875. The first-order valence-electron chi connectivity index (χ1n) is 4.40. The summed E-state index contributed by atoms with van der Waals surface area (Å²) >= 11 is 0. The van der Waals surface area contributed by atoms with Crippen molar-refractivity contribution in [2.24, 2.45) is 0 Å². The Labute approximate surface area is 80.4 Å². The maximum Gasteiger partial charge on any atom is 0.304 e. The number of hydrogen-bond donors (Lipinski definition) is 1. The van der Waals surface area contributed by atoms with Crippen LogP contribution in [0.2, 0.25) is 0 Å². The smallest absolute Gasteiger partial charge is 0.304 e. The Morgan fingerprint density at radius 3 is 2.54 bits per heavy atom. The van der Waals surface area contributed by atoms with Crippen LogP contribution in [0.3, 0.4) is 0 Å². The number of carboxylic acids is 1. The van der Waals surface area contributed by atoms with E-state index < -0.39 is 16.8 Å². The number of aliphatic carboxylic acids is 1. The SMILES string of the molecule is CC(CC(=O)O)N1CCS(=O)CC1. The summed E-state index contributed by atoms with van der Waals surface area (Å²) in [5, 5.41) is 8.58. The zero-order valence-electron chi connectivity index (χ0n) is 7.73. The zero-order valence-corrected chi connectivity index (χ0v) is 8.55. The molecule has 1 rings (SSSR count). The quantitative estimate of drug-likeness (QED) is 0.700. The monoisotopic (exact) mass is 205 g/mol. The standard InChI is InChI=1S/C8H15NO3S/c1-7(6-8(10)11)9-2-4-13(12)5-3-9/h7H,2-6H2,1H3,(H,10,11). The summed E-state index contributed by atoms with van der Waals surface area (Å²) < 4.78 is 11.0. The van der Waals surface area contributed by atoms with E-state index in [1.165, 1.54) is 0 Å². The lowest BCUT2D eigenvalue weighted by molar-refractivity contribution is -0.138. The van der Waals surface area contributed by atoms with Crippen LogP contribution >= 0.6 is 0 Å². The van der Waals surface area contributed by atoms with Crippen LogP contribution in [0, 0.1) is 0 Å². The molecule has 0 aromatic carbocycles. The van der Waals surface area contributed by atoms with Gasteiger partial charge in [0.1, 0.15) is 0 Å². The predicted octanol–water partition coefficient (Wildman–Crippen LogP) is -0.0861. The van der Waals surface area contributed by atoms with E-state index in [0.717, 1.165) is 13.1 Å². The molecule has 0 saturated carbocycles. The highest BCUT2D eigenvalue weighted by atomic mass is 32.2. The largest absolute Gasteiger partial charge is 0.481 e. The lowest BCUT2D eigenvalue weighted by Crippen LogP contribution is -2.43. The first-order chi connectivity index (χ1) is 6.09. The molecule has 0 aromatic heterocycles. The van der Waals surface area contributed by atoms with Crippen LogP contribution in [0.4, 0.5) is 0 Å². The molecule has 1 N–H and O–H groups in total. The van der Waals surface area contributed by atoms with Crippen LogP contribution in [0.1, 0.15) is 13.3 Å². The molecule has 1 fully saturated rings. The summed E-state index contributed by atoms with van der Waals surface area (Å²) in [6.45, 7) is 3.43. The highest BCUT2D eigenvalue weighted by Crippen LogP contribution is 2.08. The van der Waals surface area contributed by atoms with Crippen molar-refractivity contribution in [2.75, 3.05) is 24.6 Å². The molecule has 0 spiro atoms. The molecule has 1 heterocycles. The Balaban J connectivity index is 2.35. The minimum atomic E-state index is -0.765. The third-order valence-electron chi connectivity index (χ3n) is 2.31. The van der Waals surface area contributed by atoms with E-state index in [4.69, 9.17) is 5.11 Å². The fourth-order valence-electron chi connectivity index (χ4n) is 1.47. The summed E-state index contributed by atoms with van der Waals surface area (Å²) in [4.78, 5) is 12.5. The highest BCUT2D eigenvalue weighted by molar-refractivity contribution is 7.85.